The molecule has 3 aromatic carbocycles. The fraction of sp³-hybridized carbons (Fsp3) is 0.150. The molecule has 0 saturated heterocycles. The van der Waals surface area contributed by atoms with Gasteiger partial charge < -0.3 is 14.8 Å². The molecule has 0 aliphatic heterocycles. The van der Waals surface area contributed by atoms with Crippen molar-refractivity contribution in [1.82, 2.24) is 0 Å². The molecule has 3 aromatic rings. The van der Waals surface area contributed by atoms with E-state index in [9.17, 15) is 9.18 Å². The number of rotatable bonds is 6. The fourth-order valence-corrected chi connectivity index (χ4v) is 2.64. The van der Waals surface area contributed by atoms with E-state index in [1.807, 2.05) is 30.3 Å². The van der Waals surface area contributed by atoms with Gasteiger partial charge in [-0.1, -0.05) is 30.3 Å². The lowest BCUT2D eigenvalue weighted by Crippen LogP contribution is -2.12. The second kappa shape index (κ2) is 7.66. The zero-order valence-electron chi connectivity index (χ0n) is 13.8. The Labute approximate surface area is 145 Å². The fourth-order valence-electron chi connectivity index (χ4n) is 2.64. The van der Waals surface area contributed by atoms with Crippen LogP contribution in [0.15, 0.2) is 60.7 Å². The normalized spacial score (nSPS) is 10.5. The summed E-state index contributed by atoms with van der Waals surface area (Å²) in [6.07, 6.45) is 0. The van der Waals surface area contributed by atoms with Crippen molar-refractivity contribution >= 4 is 22.4 Å². The topological polar surface area (TPSA) is 47.6 Å². The molecule has 0 heterocycles. The second-order valence-electron chi connectivity index (χ2n) is 5.38. The first-order valence-corrected chi connectivity index (χ1v) is 7.89. The summed E-state index contributed by atoms with van der Waals surface area (Å²) in [5.74, 6) is 0.991. The van der Waals surface area contributed by atoms with E-state index in [2.05, 4.69) is 5.32 Å². The van der Waals surface area contributed by atoms with Gasteiger partial charge in [0.05, 0.1) is 7.11 Å². The Morgan fingerprint density at radius 1 is 1.04 bits per heavy atom. The molecule has 25 heavy (non-hydrogen) atoms. The van der Waals surface area contributed by atoms with Gasteiger partial charge in [0.1, 0.15) is 24.8 Å². The lowest BCUT2D eigenvalue weighted by atomic mass is 10.0. The molecule has 0 aromatic heterocycles. The predicted molar refractivity (Wildman–Crippen MR) is 96.4 cm³/mol. The molecule has 4 nitrogen and oxygen atoms in total. The Balaban J connectivity index is 1.93. The van der Waals surface area contributed by atoms with Crippen LogP contribution < -0.4 is 14.8 Å². The van der Waals surface area contributed by atoms with Crippen LogP contribution in [0.1, 0.15) is 10.4 Å². The van der Waals surface area contributed by atoms with Gasteiger partial charge in [-0.3, -0.25) is 4.79 Å². The molecule has 5 heteroatoms. The number of hydrogen-bond acceptors (Lipinski definition) is 3. The summed E-state index contributed by atoms with van der Waals surface area (Å²) in [4.78, 5) is 12.7. The Morgan fingerprint density at radius 3 is 2.60 bits per heavy atom. The van der Waals surface area contributed by atoms with Crippen LogP contribution in [-0.4, -0.2) is 26.3 Å². The minimum absolute atomic E-state index is 0.0145. The van der Waals surface area contributed by atoms with E-state index in [0.29, 0.717) is 22.7 Å². The van der Waals surface area contributed by atoms with E-state index in [1.54, 1.807) is 37.4 Å². The van der Waals surface area contributed by atoms with Gasteiger partial charge in [-0.2, -0.15) is 0 Å². The van der Waals surface area contributed by atoms with Crippen LogP contribution in [-0.2, 0) is 0 Å². The third kappa shape index (κ3) is 3.71. The maximum atomic E-state index is 12.7. The highest BCUT2D eigenvalue weighted by molar-refractivity contribution is 6.14. The number of nitrogens with one attached hydrogen (secondary N) is 1. The van der Waals surface area contributed by atoms with Crippen LogP contribution in [0.5, 0.6) is 11.5 Å². The third-order valence-corrected chi connectivity index (χ3v) is 3.79. The summed E-state index contributed by atoms with van der Waals surface area (Å²) in [5, 5.41) is 4.39. The van der Waals surface area contributed by atoms with Crippen molar-refractivity contribution in [3.8, 4) is 11.5 Å². The summed E-state index contributed by atoms with van der Waals surface area (Å²) >= 11 is 0. The summed E-state index contributed by atoms with van der Waals surface area (Å²) in [7, 11) is 1.57. The third-order valence-electron chi connectivity index (χ3n) is 3.79. The molecule has 0 spiro atoms. The molecule has 0 aliphatic rings. The predicted octanol–water partition coefficient (Wildman–Crippen LogP) is 4.45. The van der Waals surface area contributed by atoms with E-state index in [4.69, 9.17) is 9.47 Å². The average Bonchev–Trinajstić information content (AvgIpc) is 2.66. The maximum Gasteiger partial charge on any atom is 0.256 e. The van der Waals surface area contributed by atoms with E-state index in [1.165, 1.54) is 0 Å². The number of alkyl halides is 1. The largest absolute Gasteiger partial charge is 0.497 e. The van der Waals surface area contributed by atoms with Crippen LogP contribution in [0.4, 0.5) is 10.1 Å². The number of halogens is 1. The number of anilines is 1. The van der Waals surface area contributed by atoms with Crippen molar-refractivity contribution in [3.05, 3.63) is 66.2 Å². The second-order valence-corrected chi connectivity index (χ2v) is 5.38. The highest BCUT2D eigenvalue weighted by Gasteiger charge is 2.13. The number of hydrogen-bond donors (Lipinski definition) is 1. The molecule has 128 valence electrons. The molecule has 0 fully saturated rings. The van der Waals surface area contributed by atoms with Gasteiger partial charge in [-0.25, -0.2) is 4.39 Å². The number of ether oxygens (including phenoxy) is 2. The van der Waals surface area contributed by atoms with Gasteiger partial charge in [0.15, 0.2) is 0 Å². The molecular formula is C20H18FNO3. The van der Waals surface area contributed by atoms with E-state index >= 15 is 0 Å². The van der Waals surface area contributed by atoms with Gasteiger partial charge in [0.2, 0.25) is 0 Å². The standard InChI is InChI=1S/C20H18FNO3/c1-24-15-6-4-5-14(13-15)22-20(23)18-9-10-19(25-12-11-21)17-8-3-2-7-16(17)18/h2-10,13H,11-12H2,1H3,(H,22,23). The number of amides is 1. The Morgan fingerprint density at radius 2 is 1.84 bits per heavy atom. The van der Waals surface area contributed by atoms with Crippen LogP contribution >= 0.6 is 0 Å². The van der Waals surface area contributed by atoms with Gasteiger partial charge in [0, 0.05) is 22.7 Å². The number of carbonyl (C=O) groups excluding carboxylic acids is 1. The molecule has 0 unspecified atom stereocenters. The van der Waals surface area contributed by atoms with Gasteiger partial charge >= 0.3 is 0 Å². The van der Waals surface area contributed by atoms with E-state index in [0.717, 1.165) is 10.8 Å². The summed E-state index contributed by atoms with van der Waals surface area (Å²) in [5.41, 5.74) is 1.16. The molecule has 0 saturated carbocycles. The quantitative estimate of drug-likeness (QED) is 0.722. The molecule has 0 aliphatic carbocycles. The minimum atomic E-state index is -0.563. The monoisotopic (exact) mass is 339 g/mol. The molecule has 3 rings (SSSR count). The van der Waals surface area contributed by atoms with Gasteiger partial charge in [-0.15, -0.1) is 0 Å². The molecule has 0 radical (unpaired) electrons. The molecule has 0 atom stereocenters. The summed E-state index contributed by atoms with van der Waals surface area (Å²) in [6, 6.07) is 17.9. The smallest absolute Gasteiger partial charge is 0.256 e. The highest BCUT2D eigenvalue weighted by Crippen LogP contribution is 2.29. The first-order chi connectivity index (χ1) is 12.2. The number of methoxy groups -OCH3 is 1. The van der Waals surface area contributed by atoms with E-state index < -0.39 is 6.67 Å². The number of fused-ring (bicyclic) bond motifs is 1. The van der Waals surface area contributed by atoms with Crippen LogP contribution in [0.3, 0.4) is 0 Å². The summed E-state index contributed by atoms with van der Waals surface area (Å²) < 4.78 is 23.0. The zero-order valence-corrected chi connectivity index (χ0v) is 13.8. The van der Waals surface area contributed by atoms with Crippen molar-refractivity contribution in [3.63, 3.8) is 0 Å². The van der Waals surface area contributed by atoms with Gasteiger partial charge in [-0.05, 0) is 29.7 Å². The molecule has 1 amide bonds. The van der Waals surface area contributed by atoms with Crippen molar-refractivity contribution in [2.45, 2.75) is 0 Å². The SMILES string of the molecule is COc1cccc(NC(=O)c2ccc(OCCF)c3ccccc23)c1. The lowest BCUT2D eigenvalue weighted by Gasteiger charge is -2.12. The Hall–Kier alpha value is -3.08. The Kier molecular flexibility index (Phi) is 5.14. The highest BCUT2D eigenvalue weighted by atomic mass is 19.1. The first-order valence-electron chi connectivity index (χ1n) is 7.89. The maximum absolute atomic E-state index is 12.7. The molecular weight excluding hydrogens is 321 g/mol. The number of carbonyl (C=O) groups is 1. The summed E-state index contributed by atoms with van der Waals surface area (Å²) in [6.45, 7) is -0.578. The Bertz CT molecular complexity index is 895. The van der Waals surface area contributed by atoms with Crippen molar-refractivity contribution in [2.24, 2.45) is 0 Å². The number of benzene rings is 3. The molecule has 0 bridgehead atoms. The minimum Gasteiger partial charge on any atom is -0.497 e. The van der Waals surface area contributed by atoms with Gasteiger partial charge in [0.25, 0.3) is 5.91 Å². The lowest BCUT2D eigenvalue weighted by molar-refractivity contribution is 0.102. The van der Waals surface area contributed by atoms with Crippen molar-refractivity contribution in [1.29, 1.82) is 0 Å². The van der Waals surface area contributed by atoms with Crippen LogP contribution in [0.2, 0.25) is 0 Å². The van der Waals surface area contributed by atoms with Crippen LogP contribution in [0.25, 0.3) is 10.8 Å². The van der Waals surface area contributed by atoms with E-state index in [-0.39, 0.29) is 12.5 Å². The molecule has 1 N–H and O–H groups in total. The zero-order chi connectivity index (χ0) is 17.6. The van der Waals surface area contributed by atoms with Crippen molar-refractivity contribution < 1.29 is 18.7 Å². The van der Waals surface area contributed by atoms with Crippen molar-refractivity contribution in [2.75, 3.05) is 25.7 Å². The first kappa shape index (κ1) is 16.8. The van der Waals surface area contributed by atoms with Crippen LogP contribution in [0, 0.1) is 0 Å². The average molecular weight is 339 g/mol.